The van der Waals surface area contributed by atoms with E-state index in [0.29, 0.717) is 0 Å². The molecule has 2 nitrogen and oxygen atoms in total. The predicted molar refractivity (Wildman–Crippen MR) is 33.4 cm³/mol. The summed E-state index contributed by atoms with van der Waals surface area (Å²) in [5.41, 5.74) is 0.288. The SMILES string of the molecule is C1COC2(CCO1)CC2. The van der Waals surface area contributed by atoms with Crippen LogP contribution < -0.4 is 0 Å². The molecule has 0 N–H and O–H groups in total. The monoisotopic (exact) mass is 128 g/mol. The Balaban J connectivity index is 1.92. The number of ether oxygens (including phenoxy) is 2. The summed E-state index contributed by atoms with van der Waals surface area (Å²) in [5, 5.41) is 0. The first kappa shape index (κ1) is 5.69. The zero-order valence-electron chi connectivity index (χ0n) is 5.56. The lowest BCUT2D eigenvalue weighted by atomic mass is 10.2. The highest BCUT2D eigenvalue weighted by Gasteiger charge is 2.44. The van der Waals surface area contributed by atoms with Crippen LogP contribution >= 0.6 is 0 Å². The molecule has 1 saturated carbocycles. The van der Waals surface area contributed by atoms with Gasteiger partial charge in [0.1, 0.15) is 0 Å². The Hall–Kier alpha value is -0.0800. The standard InChI is InChI=1S/C7H12O2/c1-2-7(1)3-4-8-5-6-9-7/h1-6H2. The fraction of sp³-hybridized carbons (Fsp3) is 1.00. The molecule has 52 valence electrons. The van der Waals surface area contributed by atoms with Crippen molar-refractivity contribution < 1.29 is 9.47 Å². The highest BCUT2D eigenvalue weighted by Crippen LogP contribution is 2.43. The summed E-state index contributed by atoms with van der Waals surface area (Å²) in [7, 11) is 0. The van der Waals surface area contributed by atoms with Crippen LogP contribution in [0.15, 0.2) is 0 Å². The maximum absolute atomic E-state index is 5.58. The second kappa shape index (κ2) is 1.96. The van der Waals surface area contributed by atoms with Gasteiger partial charge in [0.15, 0.2) is 0 Å². The normalized spacial score (nSPS) is 32.0. The van der Waals surface area contributed by atoms with E-state index >= 15 is 0 Å². The minimum Gasteiger partial charge on any atom is -0.379 e. The van der Waals surface area contributed by atoms with Gasteiger partial charge in [0.25, 0.3) is 0 Å². The van der Waals surface area contributed by atoms with Gasteiger partial charge in [-0.1, -0.05) is 0 Å². The van der Waals surface area contributed by atoms with Crippen LogP contribution in [0.25, 0.3) is 0 Å². The molecule has 1 aliphatic carbocycles. The lowest BCUT2D eigenvalue weighted by molar-refractivity contribution is 0.0367. The Labute approximate surface area is 55.1 Å². The summed E-state index contributed by atoms with van der Waals surface area (Å²) < 4.78 is 10.8. The molecule has 0 bridgehead atoms. The molecule has 2 fully saturated rings. The van der Waals surface area contributed by atoms with Crippen molar-refractivity contribution in [2.24, 2.45) is 0 Å². The molecular weight excluding hydrogens is 116 g/mol. The molecule has 0 atom stereocenters. The molecule has 0 aromatic heterocycles. The van der Waals surface area contributed by atoms with Gasteiger partial charge in [-0.05, 0) is 19.3 Å². The van der Waals surface area contributed by atoms with Crippen molar-refractivity contribution in [1.82, 2.24) is 0 Å². The lowest BCUT2D eigenvalue weighted by Crippen LogP contribution is -2.13. The van der Waals surface area contributed by atoms with Gasteiger partial charge in [-0.15, -0.1) is 0 Å². The fourth-order valence-corrected chi connectivity index (χ4v) is 1.28. The fourth-order valence-electron chi connectivity index (χ4n) is 1.28. The van der Waals surface area contributed by atoms with Crippen molar-refractivity contribution in [2.75, 3.05) is 19.8 Å². The van der Waals surface area contributed by atoms with Crippen molar-refractivity contribution in [2.45, 2.75) is 24.9 Å². The first-order chi connectivity index (χ1) is 4.41. The van der Waals surface area contributed by atoms with Gasteiger partial charge in [0.2, 0.25) is 0 Å². The molecule has 0 amide bonds. The highest BCUT2D eigenvalue weighted by molar-refractivity contribution is 4.95. The van der Waals surface area contributed by atoms with Crippen LogP contribution in [0.4, 0.5) is 0 Å². The highest BCUT2D eigenvalue weighted by atomic mass is 16.6. The van der Waals surface area contributed by atoms with Crippen LogP contribution in [0.2, 0.25) is 0 Å². The largest absolute Gasteiger partial charge is 0.379 e. The van der Waals surface area contributed by atoms with Crippen LogP contribution in [0.3, 0.4) is 0 Å². The van der Waals surface area contributed by atoms with E-state index in [2.05, 4.69) is 0 Å². The van der Waals surface area contributed by atoms with E-state index in [0.717, 1.165) is 26.2 Å². The average Bonchev–Trinajstić information content (AvgIpc) is 2.64. The molecule has 0 aromatic rings. The van der Waals surface area contributed by atoms with E-state index in [1.807, 2.05) is 0 Å². The van der Waals surface area contributed by atoms with E-state index < -0.39 is 0 Å². The average molecular weight is 128 g/mol. The number of hydrogen-bond donors (Lipinski definition) is 0. The summed E-state index contributed by atoms with van der Waals surface area (Å²) in [6.07, 6.45) is 3.64. The maximum Gasteiger partial charge on any atom is 0.0708 e. The van der Waals surface area contributed by atoms with Crippen molar-refractivity contribution in [3.8, 4) is 0 Å². The van der Waals surface area contributed by atoms with Gasteiger partial charge in [-0.25, -0.2) is 0 Å². The first-order valence-corrected chi connectivity index (χ1v) is 3.63. The second-order valence-corrected chi connectivity index (χ2v) is 2.89. The molecule has 1 spiro atoms. The lowest BCUT2D eigenvalue weighted by Gasteiger charge is -2.09. The second-order valence-electron chi connectivity index (χ2n) is 2.89. The van der Waals surface area contributed by atoms with E-state index in [4.69, 9.17) is 9.47 Å². The Bertz CT molecular complexity index is 97.5. The summed E-state index contributed by atoms with van der Waals surface area (Å²) in [5.74, 6) is 0. The minimum atomic E-state index is 0.288. The van der Waals surface area contributed by atoms with Crippen molar-refractivity contribution in [3.05, 3.63) is 0 Å². The zero-order valence-corrected chi connectivity index (χ0v) is 5.56. The summed E-state index contributed by atoms with van der Waals surface area (Å²) in [6, 6.07) is 0. The topological polar surface area (TPSA) is 18.5 Å². The van der Waals surface area contributed by atoms with Crippen LogP contribution in [-0.2, 0) is 9.47 Å². The van der Waals surface area contributed by atoms with Gasteiger partial charge in [-0.3, -0.25) is 0 Å². The molecule has 9 heavy (non-hydrogen) atoms. The molecule has 1 heterocycles. The van der Waals surface area contributed by atoms with Gasteiger partial charge >= 0.3 is 0 Å². The summed E-state index contributed by atoms with van der Waals surface area (Å²) in [4.78, 5) is 0. The summed E-state index contributed by atoms with van der Waals surface area (Å²) >= 11 is 0. The van der Waals surface area contributed by atoms with Crippen LogP contribution in [0, 0.1) is 0 Å². The van der Waals surface area contributed by atoms with E-state index in [1.165, 1.54) is 12.8 Å². The van der Waals surface area contributed by atoms with E-state index in [9.17, 15) is 0 Å². The maximum atomic E-state index is 5.58. The molecular formula is C7H12O2. The smallest absolute Gasteiger partial charge is 0.0708 e. The number of hydrogen-bond acceptors (Lipinski definition) is 2. The van der Waals surface area contributed by atoms with Crippen LogP contribution in [-0.4, -0.2) is 25.4 Å². The van der Waals surface area contributed by atoms with Crippen LogP contribution in [0.1, 0.15) is 19.3 Å². The molecule has 0 aromatic carbocycles. The van der Waals surface area contributed by atoms with Gasteiger partial charge in [0.05, 0.1) is 18.8 Å². The first-order valence-electron chi connectivity index (χ1n) is 3.63. The number of rotatable bonds is 0. The Kier molecular flexibility index (Phi) is 1.24. The van der Waals surface area contributed by atoms with Crippen molar-refractivity contribution >= 4 is 0 Å². The Morgan fingerprint density at radius 1 is 0.889 bits per heavy atom. The zero-order chi connectivity index (χ0) is 6.16. The van der Waals surface area contributed by atoms with Crippen LogP contribution in [0.5, 0.6) is 0 Å². The third-order valence-corrected chi connectivity index (χ3v) is 2.15. The quantitative estimate of drug-likeness (QED) is 0.483. The summed E-state index contributed by atoms with van der Waals surface area (Å²) in [6.45, 7) is 2.50. The molecule has 2 heteroatoms. The van der Waals surface area contributed by atoms with Crippen molar-refractivity contribution in [1.29, 1.82) is 0 Å². The van der Waals surface area contributed by atoms with Crippen molar-refractivity contribution in [3.63, 3.8) is 0 Å². The Morgan fingerprint density at radius 2 is 1.78 bits per heavy atom. The third-order valence-electron chi connectivity index (χ3n) is 2.15. The van der Waals surface area contributed by atoms with Gasteiger partial charge in [0, 0.05) is 6.61 Å². The minimum absolute atomic E-state index is 0.288. The Morgan fingerprint density at radius 3 is 2.56 bits per heavy atom. The third kappa shape index (κ3) is 1.10. The van der Waals surface area contributed by atoms with Gasteiger partial charge < -0.3 is 9.47 Å². The predicted octanol–water partition coefficient (Wildman–Crippen LogP) is 0.956. The molecule has 2 rings (SSSR count). The van der Waals surface area contributed by atoms with E-state index in [-0.39, 0.29) is 5.60 Å². The molecule has 0 radical (unpaired) electrons. The van der Waals surface area contributed by atoms with E-state index in [1.54, 1.807) is 0 Å². The molecule has 1 saturated heterocycles. The molecule has 1 aliphatic heterocycles. The van der Waals surface area contributed by atoms with Gasteiger partial charge in [-0.2, -0.15) is 0 Å². The molecule has 2 aliphatic rings. The molecule has 0 unspecified atom stereocenters.